The van der Waals surface area contributed by atoms with Crippen LogP contribution in [0.25, 0.3) is 0 Å². The smallest absolute Gasteiger partial charge is 0.152 e. The van der Waals surface area contributed by atoms with Crippen LogP contribution in [0.2, 0.25) is 0 Å². The highest BCUT2D eigenvalue weighted by Gasteiger charge is 2.40. The third-order valence-electron chi connectivity index (χ3n) is 3.98. The molecule has 1 atom stereocenters. The zero-order valence-corrected chi connectivity index (χ0v) is 9.89. The molecule has 1 saturated carbocycles. The molecular weight excluding hydrogens is 172 g/mol. The minimum Gasteiger partial charge on any atom is -0.295 e. The van der Waals surface area contributed by atoms with Crippen molar-refractivity contribution in [2.24, 2.45) is 10.8 Å². The predicted molar refractivity (Wildman–Crippen MR) is 60.2 cm³/mol. The minimum atomic E-state index is 0.160. The Kier molecular flexibility index (Phi) is 3.18. The molecule has 0 amide bonds. The Labute approximate surface area is 87.6 Å². The van der Waals surface area contributed by atoms with Gasteiger partial charge >= 0.3 is 0 Å². The Morgan fingerprint density at radius 3 is 2.21 bits per heavy atom. The molecule has 1 heteroatoms. The van der Waals surface area contributed by atoms with Gasteiger partial charge in [-0.25, -0.2) is 0 Å². The molecule has 1 rings (SSSR count). The zero-order valence-electron chi connectivity index (χ0n) is 9.89. The summed E-state index contributed by atoms with van der Waals surface area (Å²) in [4.78, 5) is 11.0. The third kappa shape index (κ3) is 2.26. The van der Waals surface area contributed by atoms with Gasteiger partial charge in [0.05, 0.1) is 0 Å². The van der Waals surface area contributed by atoms with Gasteiger partial charge in [-0.15, -0.1) is 0 Å². The van der Waals surface area contributed by atoms with Crippen LogP contribution in [-0.2, 0) is 4.79 Å². The van der Waals surface area contributed by atoms with E-state index >= 15 is 0 Å². The summed E-state index contributed by atoms with van der Waals surface area (Å²) in [5.74, 6) is 0.160. The topological polar surface area (TPSA) is 17.1 Å². The van der Waals surface area contributed by atoms with Crippen molar-refractivity contribution in [3.05, 3.63) is 12.2 Å². The Balaban J connectivity index is 2.84. The van der Waals surface area contributed by atoms with Gasteiger partial charge in [0.2, 0.25) is 0 Å². The van der Waals surface area contributed by atoms with E-state index in [1.165, 1.54) is 25.7 Å². The molecule has 14 heavy (non-hydrogen) atoms. The highest BCUT2D eigenvalue weighted by molar-refractivity contribution is 5.87. The van der Waals surface area contributed by atoms with Gasteiger partial charge < -0.3 is 0 Å². The second-order valence-electron chi connectivity index (χ2n) is 5.45. The summed E-state index contributed by atoms with van der Waals surface area (Å²) in [6.07, 6.45) is 8.98. The van der Waals surface area contributed by atoms with E-state index < -0.39 is 0 Å². The van der Waals surface area contributed by atoms with Crippen LogP contribution in [0.4, 0.5) is 0 Å². The summed E-state index contributed by atoms with van der Waals surface area (Å²) in [5.41, 5.74) is 0.536. The second-order valence-corrected chi connectivity index (χ2v) is 5.45. The molecule has 1 unspecified atom stereocenters. The van der Waals surface area contributed by atoms with Crippen LogP contribution < -0.4 is 0 Å². The van der Waals surface area contributed by atoms with Crippen LogP contribution in [0, 0.1) is 10.8 Å². The van der Waals surface area contributed by atoms with E-state index in [9.17, 15) is 4.79 Å². The first-order valence-corrected chi connectivity index (χ1v) is 5.57. The molecule has 0 aliphatic heterocycles. The van der Waals surface area contributed by atoms with Crippen molar-refractivity contribution in [1.82, 2.24) is 0 Å². The van der Waals surface area contributed by atoms with Gasteiger partial charge in [-0.2, -0.15) is 0 Å². The van der Waals surface area contributed by atoms with Gasteiger partial charge in [-0.1, -0.05) is 39.7 Å². The fourth-order valence-electron chi connectivity index (χ4n) is 2.29. The molecule has 1 aliphatic rings. The van der Waals surface area contributed by atoms with Crippen molar-refractivity contribution in [2.75, 3.05) is 0 Å². The first-order chi connectivity index (χ1) is 6.37. The average molecular weight is 194 g/mol. The van der Waals surface area contributed by atoms with Gasteiger partial charge in [-0.3, -0.25) is 4.79 Å². The number of carbonyl (C=O) groups is 1. The Hall–Kier alpha value is -0.590. The number of hydrogen-bond donors (Lipinski definition) is 0. The summed E-state index contributed by atoms with van der Waals surface area (Å²) in [6, 6.07) is 0. The third-order valence-corrected chi connectivity index (χ3v) is 3.98. The molecule has 0 aromatic rings. The lowest BCUT2D eigenvalue weighted by atomic mass is 9.58. The Morgan fingerprint density at radius 1 is 1.14 bits per heavy atom. The molecule has 0 saturated heterocycles. The SMILES string of the molecule is CC(=O)C=CC1(C)CCCCC1(C)C. The Morgan fingerprint density at radius 2 is 1.71 bits per heavy atom. The molecule has 0 aromatic heterocycles. The van der Waals surface area contributed by atoms with Crippen LogP contribution in [0.1, 0.15) is 53.4 Å². The second kappa shape index (κ2) is 3.88. The van der Waals surface area contributed by atoms with Crippen molar-refractivity contribution >= 4 is 5.78 Å². The number of allylic oxidation sites excluding steroid dienone is 2. The molecule has 1 fully saturated rings. The highest BCUT2D eigenvalue weighted by atomic mass is 16.1. The van der Waals surface area contributed by atoms with Crippen LogP contribution in [0.15, 0.2) is 12.2 Å². The van der Waals surface area contributed by atoms with Gasteiger partial charge in [0, 0.05) is 0 Å². The fourth-order valence-corrected chi connectivity index (χ4v) is 2.29. The molecule has 0 N–H and O–H groups in total. The standard InChI is InChI=1S/C13H22O/c1-11(14)7-10-13(4)9-6-5-8-12(13,2)3/h7,10H,5-6,8-9H2,1-4H3. The monoisotopic (exact) mass is 194 g/mol. The largest absolute Gasteiger partial charge is 0.295 e. The van der Waals surface area contributed by atoms with Crippen molar-refractivity contribution in [1.29, 1.82) is 0 Å². The van der Waals surface area contributed by atoms with Crippen LogP contribution in [0.5, 0.6) is 0 Å². The maximum absolute atomic E-state index is 11.0. The van der Waals surface area contributed by atoms with Crippen LogP contribution in [0.3, 0.4) is 0 Å². The molecule has 1 nitrogen and oxygen atoms in total. The summed E-state index contributed by atoms with van der Waals surface area (Å²) in [7, 11) is 0. The van der Waals surface area contributed by atoms with E-state index in [0.717, 1.165) is 0 Å². The van der Waals surface area contributed by atoms with Crippen LogP contribution >= 0.6 is 0 Å². The lowest BCUT2D eigenvalue weighted by molar-refractivity contribution is -0.112. The summed E-state index contributed by atoms with van der Waals surface area (Å²) >= 11 is 0. The van der Waals surface area contributed by atoms with Crippen molar-refractivity contribution in [2.45, 2.75) is 53.4 Å². The van der Waals surface area contributed by atoms with Gasteiger partial charge in [0.1, 0.15) is 0 Å². The predicted octanol–water partition coefficient (Wildman–Crippen LogP) is 3.74. The lowest BCUT2D eigenvalue weighted by Crippen LogP contribution is -2.36. The molecule has 80 valence electrons. The summed E-state index contributed by atoms with van der Waals surface area (Å²) in [5, 5.41) is 0. The molecular formula is C13H22O. The first-order valence-electron chi connectivity index (χ1n) is 5.57. The lowest BCUT2D eigenvalue weighted by Gasteiger charge is -2.46. The number of hydrogen-bond acceptors (Lipinski definition) is 1. The molecule has 1 aliphatic carbocycles. The maximum Gasteiger partial charge on any atom is 0.152 e. The van der Waals surface area contributed by atoms with Gasteiger partial charge in [0.25, 0.3) is 0 Å². The first kappa shape index (κ1) is 11.5. The molecule has 0 spiro atoms. The van der Waals surface area contributed by atoms with E-state index in [4.69, 9.17) is 0 Å². The summed E-state index contributed by atoms with van der Waals surface area (Å²) in [6.45, 7) is 8.54. The van der Waals surface area contributed by atoms with Crippen molar-refractivity contribution < 1.29 is 4.79 Å². The number of ketones is 1. The van der Waals surface area contributed by atoms with Crippen molar-refractivity contribution in [3.63, 3.8) is 0 Å². The highest BCUT2D eigenvalue weighted by Crippen LogP contribution is 2.50. The zero-order chi connectivity index (χ0) is 10.8. The van der Waals surface area contributed by atoms with E-state index in [1.807, 2.05) is 0 Å². The number of carbonyl (C=O) groups excluding carboxylic acids is 1. The Bertz CT molecular complexity index is 250. The number of rotatable bonds is 2. The van der Waals surface area contributed by atoms with E-state index in [2.05, 4.69) is 26.8 Å². The quantitative estimate of drug-likeness (QED) is 0.612. The molecule has 0 heterocycles. The van der Waals surface area contributed by atoms with Crippen LogP contribution in [-0.4, -0.2) is 5.78 Å². The van der Waals surface area contributed by atoms with E-state index in [1.54, 1.807) is 13.0 Å². The average Bonchev–Trinajstić information content (AvgIpc) is 2.07. The van der Waals surface area contributed by atoms with Crippen molar-refractivity contribution in [3.8, 4) is 0 Å². The van der Waals surface area contributed by atoms with Gasteiger partial charge in [-0.05, 0) is 36.7 Å². The molecule has 0 bridgehead atoms. The minimum absolute atomic E-state index is 0.160. The van der Waals surface area contributed by atoms with E-state index in [-0.39, 0.29) is 11.2 Å². The maximum atomic E-state index is 11.0. The summed E-state index contributed by atoms with van der Waals surface area (Å²) < 4.78 is 0. The normalized spacial score (nSPS) is 32.0. The molecule has 0 aromatic carbocycles. The van der Waals surface area contributed by atoms with E-state index in [0.29, 0.717) is 5.41 Å². The fraction of sp³-hybridized carbons (Fsp3) is 0.769. The van der Waals surface area contributed by atoms with Gasteiger partial charge in [0.15, 0.2) is 5.78 Å². The molecule has 0 radical (unpaired) electrons.